The number of benzene rings is 4. The molecular weight excluding hydrogens is 718 g/mol. The van der Waals surface area contributed by atoms with Gasteiger partial charge in [-0.05, 0) is 43.2 Å². The second-order valence-electron chi connectivity index (χ2n) is 13.7. The summed E-state index contributed by atoms with van der Waals surface area (Å²) in [6, 6.07) is 20.3. The average Bonchev–Trinajstić information content (AvgIpc) is 3.16. The third kappa shape index (κ3) is 6.63. The van der Waals surface area contributed by atoms with Gasteiger partial charge in [0.05, 0.1) is 47.8 Å². The Kier molecular flexibility index (Phi) is 10.7. The molecule has 6 atom stereocenters. The molecule has 1 fully saturated rings. The number of aliphatic hydroxyl groups excluding tert-OH is 1. The molecule has 2 aliphatic carbocycles. The maximum atomic E-state index is 14.0. The predicted molar refractivity (Wildman–Crippen MR) is 199 cm³/mol. The van der Waals surface area contributed by atoms with Gasteiger partial charge in [0.1, 0.15) is 22.8 Å². The maximum Gasteiger partial charge on any atom is 0.271 e. The third-order valence-electron chi connectivity index (χ3n) is 10.4. The first-order valence-electron chi connectivity index (χ1n) is 17.2. The molecule has 0 saturated carbocycles. The average molecular weight is 758 g/mol. The molecule has 3 aliphatic rings. The molecule has 14 heteroatoms. The van der Waals surface area contributed by atoms with Gasteiger partial charge in [-0.2, -0.15) is 5.10 Å². The Labute approximate surface area is 316 Å². The molecule has 54 heavy (non-hydrogen) atoms. The number of hydrazone groups is 1. The van der Waals surface area contributed by atoms with E-state index in [9.17, 15) is 34.8 Å². The van der Waals surface area contributed by atoms with E-state index in [0.29, 0.717) is 5.56 Å². The van der Waals surface area contributed by atoms with E-state index in [0.717, 1.165) is 11.1 Å². The number of ketones is 2. The van der Waals surface area contributed by atoms with Crippen LogP contribution in [0.25, 0.3) is 11.1 Å². The van der Waals surface area contributed by atoms with Crippen molar-refractivity contribution in [2.24, 2.45) is 10.8 Å². The van der Waals surface area contributed by atoms with Crippen LogP contribution in [0.5, 0.6) is 17.2 Å². The van der Waals surface area contributed by atoms with Gasteiger partial charge in [-0.3, -0.25) is 14.4 Å². The topological polar surface area (TPSA) is 210 Å². The Morgan fingerprint density at radius 2 is 1.61 bits per heavy atom. The standard InChI is InChI=1S/C40H39N3O10.ClH/c1-19-34(44)26(41)16-29(52-19)53-28-18-40(50,20(2)42-43-39(49)23-14-12-22(13-15-23)21-8-5-4-6-9-21)17-25-31(28)38(48)33-32(36(25)46)35(45)24-10-7-11-27(51-3)30(24)37(33)47;/h4-15,19,26,28-29,34,44,46,48,50H,16-18,41H2,1-3H3,(H,43,49);1H/t19?,26?,28-,29?,34?,40-;/m0./s1. The number of nitrogens with two attached hydrogens (primary N) is 1. The van der Waals surface area contributed by atoms with Crippen LogP contribution in [0.1, 0.15) is 86.1 Å². The van der Waals surface area contributed by atoms with Crippen LogP contribution in [0.4, 0.5) is 0 Å². The molecule has 1 saturated heterocycles. The molecule has 0 radical (unpaired) electrons. The van der Waals surface area contributed by atoms with Crippen molar-refractivity contribution in [1.29, 1.82) is 0 Å². The fourth-order valence-corrected chi connectivity index (χ4v) is 7.41. The molecule has 1 heterocycles. The van der Waals surface area contributed by atoms with Gasteiger partial charge in [-0.1, -0.05) is 54.6 Å². The number of rotatable bonds is 7. The molecule has 1 amide bonds. The Bertz CT molecular complexity index is 2150. The van der Waals surface area contributed by atoms with E-state index in [4.69, 9.17) is 19.9 Å². The van der Waals surface area contributed by atoms with Crippen molar-refractivity contribution in [3.05, 3.63) is 112 Å². The molecular formula is C40H40ClN3O10. The van der Waals surface area contributed by atoms with Crippen LogP contribution in [0, 0.1) is 0 Å². The second-order valence-corrected chi connectivity index (χ2v) is 13.7. The van der Waals surface area contributed by atoms with Gasteiger partial charge in [0.25, 0.3) is 5.91 Å². The summed E-state index contributed by atoms with van der Waals surface area (Å²) in [7, 11) is 1.35. The first kappa shape index (κ1) is 38.6. The number of hydrogen-bond acceptors (Lipinski definition) is 12. The fourth-order valence-electron chi connectivity index (χ4n) is 7.41. The monoisotopic (exact) mass is 757 g/mol. The number of fused-ring (bicyclic) bond motifs is 3. The Morgan fingerprint density at radius 3 is 2.28 bits per heavy atom. The minimum atomic E-state index is -1.91. The quantitative estimate of drug-likeness (QED) is 0.0782. The van der Waals surface area contributed by atoms with Crippen molar-refractivity contribution in [3.8, 4) is 28.4 Å². The highest BCUT2D eigenvalue weighted by Crippen LogP contribution is 2.52. The summed E-state index contributed by atoms with van der Waals surface area (Å²) >= 11 is 0. The summed E-state index contributed by atoms with van der Waals surface area (Å²) in [4.78, 5) is 41.0. The normalized spacial score (nSPS) is 24.8. The van der Waals surface area contributed by atoms with Gasteiger partial charge >= 0.3 is 0 Å². The highest BCUT2D eigenvalue weighted by Gasteiger charge is 2.49. The highest BCUT2D eigenvalue weighted by atomic mass is 35.5. The Hall–Kier alpha value is -5.15. The number of methoxy groups -OCH3 is 1. The number of aromatic hydroxyl groups is 2. The minimum absolute atomic E-state index is 0. The minimum Gasteiger partial charge on any atom is -0.507 e. The third-order valence-corrected chi connectivity index (χ3v) is 10.4. The number of carbonyl (C=O) groups is 3. The van der Waals surface area contributed by atoms with Crippen molar-refractivity contribution >= 4 is 35.6 Å². The number of hydrogen-bond donors (Lipinski definition) is 6. The van der Waals surface area contributed by atoms with E-state index >= 15 is 0 Å². The first-order valence-corrected chi connectivity index (χ1v) is 17.2. The largest absolute Gasteiger partial charge is 0.507 e. The van der Waals surface area contributed by atoms with Crippen LogP contribution < -0.4 is 15.9 Å². The van der Waals surface area contributed by atoms with Crippen LogP contribution in [0.3, 0.4) is 0 Å². The molecule has 7 N–H and O–H groups in total. The number of phenolic OH excluding ortho intramolecular Hbond substituents is 2. The van der Waals surface area contributed by atoms with E-state index in [2.05, 4.69) is 10.5 Å². The van der Waals surface area contributed by atoms with Crippen molar-refractivity contribution in [1.82, 2.24) is 5.43 Å². The number of nitrogens with zero attached hydrogens (tertiary/aromatic N) is 1. The first-order chi connectivity index (χ1) is 25.3. The number of carbonyl (C=O) groups excluding carboxylic acids is 3. The SMILES string of the molecule is COc1cccc2c1C(=O)c1c(O)c3c(c(O)c1C2=O)C[C@@](O)(C(C)=NNC(=O)c1ccc(-c2ccccc2)cc1)C[C@@H]3OC1CC(N)C(O)C(C)O1.Cl. The van der Waals surface area contributed by atoms with Crippen LogP contribution in [0.15, 0.2) is 77.9 Å². The molecule has 1 aliphatic heterocycles. The van der Waals surface area contributed by atoms with Crippen LogP contribution in [0.2, 0.25) is 0 Å². The Morgan fingerprint density at radius 1 is 0.944 bits per heavy atom. The van der Waals surface area contributed by atoms with Crippen LogP contribution in [-0.2, 0) is 15.9 Å². The van der Waals surface area contributed by atoms with E-state index in [1.165, 1.54) is 32.2 Å². The van der Waals surface area contributed by atoms with E-state index in [-0.39, 0.29) is 65.4 Å². The molecule has 4 unspecified atom stereocenters. The van der Waals surface area contributed by atoms with Gasteiger partial charge < -0.3 is 40.4 Å². The van der Waals surface area contributed by atoms with Crippen molar-refractivity contribution in [2.75, 3.05) is 7.11 Å². The van der Waals surface area contributed by atoms with E-state index in [1.54, 1.807) is 19.1 Å². The molecule has 4 aromatic carbocycles. The van der Waals surface area contributed by atoms with E-state index in [1.807, 2.05) is 42.5 Å². The molecule has 4 aromatic rings. The number of nitrogens with one attached hydrogen (secondary N) is 1. The Balaban J connectivity index is 0.00000497. The number of halogens is 1. The molecule has 0 aromatic heterocycles. The summed E-state index contributed by atoms with van der Waals surface area (Å²) in [6.45, 7) is 3.10. The maximum absolute atomic E-state index is 14.0. The van der Waals surface area contributed by atoms with Crippen molar-refractivity contribution in [3.63, 3.8) is 0 Å². The number of ether oxygens (including phenoxy) is 3. The smallest absolute Gasteiger partial charge is 0.271 e. The predicted octanol–water partition coefficient (Wildman–Crippen LogP) is 4.33. The second kappa shape index (κ2) is 14.9. The lowest BCUT2D eigenvalue weighted by atomic mass is 9.71. The molecule has 7 rings (SSSR count). The van der Waals surface area contributed by atoms with Gasteiger partial charge in [-0.15, -0.1) is 12.4 Å². The summed E-state index contributed by atoms with van der Waals surface area (Å²) in [6.07, 6.45) is -4.60. The fraction of sp³-hybridized carbons (Fsp3) is 0.300. The van der Waals surface area contributed by atoms with E-state index < -0.39 is 76.3 Å². The summed E-state index contributed by atoms with van der Waals surface area (Å²) in [5.41, 5.74) is 7.96. The lowest BCUT2D eigenvalue weighted by Crippen LogP contribution is -2.52. The molecule has 0 spiro atoms. The van der Waals surface area contributed by atoms with Crippen molar-refractivity contribution in [2.45, 2.75) is 69.4 Å². The lowest BCUT2D eigenvalue weighted by molar-refractivity contribution is -0.245. The molecule has 282 valence electrons. The zero-order valence-electron chi connectivity index (χ0n) is 29.6. The zero-order chi connectivity index (χ0) is 37.8. The lowest BCUT2D eigenvalue weighted by Gasteiger charge is -2.42. The van der Waals surface area contributed by atoms with Gasteiger partial charge in [0, 0.05) is 47.6 Å². The number of amides is 1. The molecule has 13 nitrogen and oxygen atoms in total. The number of aliphatic hydroxyl groups is 2. The van der Waals surface area contributed by atoms with Crippen LogP contribution >= 0.6 is 12.4 Å². The van der Waals surface area contributed by atoms with Crippen LogP contribution in [-0.4, -0.2) is 80.9 Å². The summed E-state index contributed by atoms with van der Waals surface area (Å²) < 4.78 is 17.6. The summed E-state index contributed by atoms with van der Waals surface area (Å²) in [5.74, 6) is -3.12. The number of phenols is 2. The molecule has 0 bridgehead atoms. The van der Waals surface area contributed by atoms with Gasteiger partial charge in [0.2, 0.25) is 5.78 Å². The van der Waals surface area contributed by atoms with Gasteiger partial charge in [0.15, 0.2) is 12.1 Å². The van der Waals surface area contributed by atoms with Crippen molar-refractivity contribution < 1.29 is 49.0 Å². The van der Waals surface area contributed by atoms with Gasteiger partial charge in [-0.25, -0.2) is 5.43 Å². The zero-order valence-corrected chi connectivity index (χ0v) is 30.4. The highest BCUT2D eigenvalue weighted by molar-refractivity contribution is 6.31. The summed E-state index contributed by atoms with van der Waals surface area (Å²) in [5, 5.41) is 50.5.